The minimum atomic E-state index is -0.310. The summed E-state index contributed by atoms with van der Waals surface area (Å²) in [7, 11) is 0. The predicted molar refractivity (Wildman–Crippen MR) is 43.8 cm³/mol. The van der Waals surface area contributed by atoms with E-state index in [-0.39, 0.29) is 12.1 Å². The van der Waals surface area contributed by atoms with Crippen LogP contribution in [0.25, 0.3) is 0 Å². The Hall–Kier alpha value is -0.0800. The summed E-state index contributed by atoms with van der Waals surface area (Å²) >= 11 is 0. The number of hydrogen-bond acceptors (Lipinski definition) is 2. The van der Waals surface area contributed by atoms with E-state index in [0.29, 0.717) is 0 Å². The molecule has 0 amide bonds. The molecule has 62 valence electrons. The number of nitrogens with two attached hydrogens (primary N) is 1. The highest BCUT2D eigenvalue weighted by Crippen LogP contribution is 2.13. The van der Waals surface area contributed by atoms with Crippen molar-refractivity contribution < 1.29 is 5.11 Å². The number of hydrogen-bond donors (Lipinski definition) is 2. The molecule has 0 fully saturated rings. The van der Waals surface area contributed by atoms with Gasteiger partial charge in [0, 0.05) is 5.54 Å². The van der Waals surface area contributed by atoms with Gasteiger partial charge in [-0.3, -0.25) is 0 Å². The maximum atomic E-state index is 8.89. The van der Waals surface area contributed by atoms with E-state index in [1.807, 2.05) is 6.92 Å². The molecule has 10 heavy (non-hydrogen) atoms. The van der Waals surface area contributed by atoms with E-state index in [0.717, 1.165) is 25.7 Å². The highest BCUT2D eigenvalue weighted by Gasteiger charge is 2.19. The van der Waals surface area contributed by atoms with Crippen molar-refractivity contribution in [3.8, 4) is 0 Å². The fourth-order valence-electron chi connectivity index (χ4n) is 0.896. The van der Waals surface area contributed by atoms with Gasteiger partial charge < -0.3 is 10.8 Å². The van der Waals surface area contributed by atoms with E-state index in [4.69, 9.17) is 10.8 Å². The molecule has 0 saturated heterocycles. The summed E-state index contributed by atoms with van der Waals surface area (Å²) in [6, 6.07) is 0. The van der Waals surface area contributed by atoms with Crippen LogP contribution in [-0.4, -0.2) is 17.3 Å². The lowest BCUT2D eigenvalue weighted by Crippen LogP contribution is -2.42. The van der Waals surface area contributed by atoms with Crippen LogP contribution in [0.2, 0.25) is 0 Å². The van der Waals surface area contributed by atoms with Gasteiger partial charge in [-0.1, -0.05) is 26.7 Å². The van der Waals surface area contributed by atoms with E-state index < -0.39 is 0 Å². The molecule has 0 aromatic carbocycles. The molecule has 0 rings (SSSR count). The van der Waals surface area contributed by atoms with Gasteiger partial charge in [-0.2, -0.15) is 0 Å². The zero-order valence-corrected chi connectivity index (χ0v) is 7.06. The Labute approximate surface area is 63.4 Å². The first kappa shape index (κ1) is 9.92. The van der Waals surface area contributed by atoms with Crippen molar-refractivity contribution in [1.82, 2.24) is 0 Å². The molecule has 0 heterocycles. The van der Waals surface area contributed by atoms with Gasteiger partial charge in [0.05, 0.1) is 6.61 Å². The molecule has 0 aliphatic heterocycles. The summed E-state index contributed by atoms with van der Waals surface area (Å²) < 4.78 is 0. The summed E-state index contributed by atoms with van der Waals surface area (Å²) in [5, 5.41) is 8.89. The van der Waals surface area contributed by atoms with Crippen molar-refractivity contribution in [3.05, 3.63) is 0 Å². The summed E-state index contributed by atoms with van der Waals surface area (Å²) in [6.45, 7) is 4.27. The number of aliphatic hydroxyl groups is 1. The van der Waals surface area contributed by atoms with Gasteiger partial charge in [-0.25, -0.2) is 0 Å². The van der Waals surface area contributed by atoms with Crippen LogP contribution in [0.1, 0.15) is 39.5 Å². The minimum Gasteiger partial charge on any atom is -0.394 e. The molecule has 0 unspecified atom stereocenters. The Kier molecular flexibility index (Phi) is 4.65. The molecule has 3 N–H and O–H groups in total. The molecule has 0 bridgehead atoms. The third-order valence-corrected chi connectivity index (χ3v) is 2.05. The SMILES string of the molecule is CCCC[C@](N)(CC)CO. The zero-order valence-electron chi connectivity index (χ0n) is 7.06. The Morgan fingerprint density at radius 1 is 1.40 bits per heavy atom. The van der Waals surface area contributed by atoms with Crippen LogP contribution in [0, 0.1) is 0 Å². The van der Waals surface area contributed by atoms with Crippen LogP contribution >= 0.6 is 0 Å². The van der Waals surface area contributed by atoms with Gasteiger partial charge in [0.25, 0.3) is 0 Å². The third-order valence-electron chi connectivity index (χ3n) is 2.05. The predicted octanol–water partition coefficient (Wildman–Crippen LogP) is 1.28. The average molecular weight is 145 g/mol. The molecule has 0 saturated carbocycles. The normalized spacial score (nSPS) is 16.8. The highest BCUT2D eigenvalue weighted by molar-refractivity contribution is 4.80. The number of aliphatic hydroxyl groups excluding tert-OH is 1. The largest absolute Gasteiger partial charge is 0.394 e. The zero-order chi connectivity index (χ0) is 8.04. The fraction of sp³-hybridized carbons (Fsp3) is 1.00. The van der Waals surface area contributed by atoms with Gasteiger partial charge in [0.15, 0.2) is 0 Å². The average Bonchev–Trinajstić information content (AvgIpc) is 2.00. The monoisotopic (exact) mass is 145 g/mol. The molecule has 1 atom stereocenters. The Bertz CT molecular complexity index is 79.3. The molecule has 2 nitrogen and oxygen atoms in total. The van der Waals surface area contributed by atoms with Gasteiger partial charge >= 0.3 is 0 Å². The summed E-state index contributed by atoms with van der Waals surface area (Å²) in [5.41, 5.74) is 5.52. The van der Waals surface area contributed by atoms with Crippen molar-refractivity contribution in [2.24, 2.45) is 5.73 Å². The van der Waals surface area contributed by atoms with E-state index >= 15 is 0 Å². The van der Waals surface area contributed by atoms with Crippen LogP contribution in [0.15, 0.2) is 0 Å². The summed E-state index contributed by atoms with van der Waals surface area (Å²) in [4.78, 5) is 0. The smallest absolute Gasteiger partial charge is 0.0611 e. The maximum Gasteiger partial charge on any atom is 0.0611 e. The first-order valence-electron chi connectivity index (χ1n) is 4.08. The van der Waals surface area contributed by atoms with Gasteiger partial charge in [-0.15, -0.1) is 0 Å². The Morgan fingerprint density at radius 2 is 2.00 bits per heavy atom. The van der Waals surface area contributed by atoms with E-state index in [9.17, 15) is 0 Å². The molecule has 2 heteroatoms. The molecule has 0 aromatic rings. The number of rotatable bonds is 5. The first-order chi connectivity index (χ1) is 4.68. The molecular formula is C8H19NO. The van der Waals surface area contributed by atoms with Crippen LogP contribution in [0.4, 0.5) is 0 Å². The lowest BCUT2D eigenvalue weighted by atomic mass is 9.92. The Morgan fingerprint density at radius 3 is 2.30 bits per heavy atom. The standard InChI is InChI=1S/C8H19NO/c1-3-5-6-8(9,4-2)7-10/h10H,3-7,9H2,1-2H3/t8-/m1/s1. The molecule has 0 aliphatic rings. The van der Waals surface area contributed by atoms with Crippen molar-refractivity contribution in [1.29, 1.82) is 0 Å². The van der Waals surface area contributed by atoms with E-state index in [1.54, 1.807) is 0 Å². The van der Waals surface area contributed by atoms with Crippen molar-refractivity contribution in [2.45, 2.75) is 45.1 Å². The first-order valence-corrected chi connectivity index (χ1v) is 4.08. The second-order valence-corrected chi connectivity index (χ2v) is 2.98. The minimum absolute atomic E-state index is 0.115. The summed E-state index contributed by atoms with van der Waals surface area (Å²) in [5.74, 6) is 0. The topological polar surface area (TPSA) is 46.2 Å². The highest BCUT2D eigenvalue weighted by atomic mass is 16.3. The van der Waals surface area contributed by atoms with Crippen molar-refractivity contribution in [2.75, 3.05) is 6.61 Å². The molecular weight excluding hydrogens is 126 g/mol. The third kappa shape index (κ3) is 3.18. The van der Waals surface area contributed by atoms with Crippen molar-refractivity contribution in [3.63, 3.8) is 0 Å². The quantitative estimate of drug-likeness (QED) is 0.612. The van der Waals surface area contributed by atoms with Crippen LogP contribution in [0.5, 0.6) is 0 Å². The van der Waals surface area contributed by atoms with Crippen LogP contribution in [-0.2, 0) is 0 Å². The molecule has 0 aromatic heterocycles. The van der Waals surface area contributed by atoms with E-state index in [1.165, 1.54) is 0 Å². The lowest BCUT2D eigenvalue weighted by molar-refractivity contribution is 0.180. The van der Waals surface area contributed by atoms with Crippen LogP contribution < -0.4 is 5.73 Å². The molecule has 0 aliphatic carbocycles. The second-order valence-electron chi connectivity index (χ2n) is 2.98. The second kappa shape index (κ2) is 4.69. The van der Waals surface area contributed by atoms with Crippen LogP contribution in [0.3, 0.4) is 0 Å². The molecule has 0 radical (unpaired) electrons. The van der Waals surface area contributed by atoms with Gasteiger partial charge in [-0.05, 0) is 12.8 Å². The maximum absolute atomic E-state index is 8.89. The lowest BCUT2D eigenvalue weighted by Gasteiger charge is -2.24. The Balaban J connectivity index is 3.58. The molecule has 0 spiro atoms. The van der Waals surface area contributed by atoms with Crippen molar-refractivity contribution >= 4 is 0 Å². The summed E-state index contributed by atoms with van der Waals surface area (Å²) in [6.07, 6.45) is 4.07. The van der Waals surface area contributed by atoms with Gasteiger partial charge in [0.1, 0.15) is 0 Å². The fourth-order valence-corrected chi connectivity index (χ4v) is 0.896. The number of unbranched alkanes of at least 4 members (excludes halogenated alkanes) is 1. The van der Waals surface area contributed by atoms with E-state index in [2.05, 4.69) is 6.92 Å². The van der Waals surface area contributed by atoms with Gasteiger partial charge in [0.2, 0.25) is 0 Å².